The number of hydrogen-bond donors (Lipinski definition) is 1. The highest BCUT2D eigenvalue weighted by Gasteiger charge is 2.29. The van der Waals surface area contributed by atoms with Gasteiger partial charge < -0.3 is 5.32 Å². The van der Waals surface area contributed by atoms with E-state index in [0.717, 1.165) is 40.5 Å². The van der Waals surface area contributed by atoms with Gasteiger partial charge in [-0.05, 0) is 73.2 Å². The lowest BCUT2D eigenvalue weighted by Crippen LogP contribution is -2.39. The molecule has 0 aliphatic carbocycles. The quantitative estimate of drug-likeness (QED) is 0.556. The number of hydrogen-bond acceptors (Lipinski definition) is 5. The minimum atomic E-state index is -3.46. The van der Waals surface area contributed by atoms with Crippen LogP contribution >= 0.6 is 22.9 Å². The normalized spacial score (nSPS) is 15.9. The maximum atomic E-state index is 12.8. The maximum Gasteiger partial charge on any atom is 0.243 e. The van der Waals surface area contributed by atoms with E-state index in [9.17, 15) is 8.42 Å². The molecule has 5 nitrogen and oxygen atoms in total. The SMILES string of the molecule is Cc1[c]ccc(-c2cnc(NCC3CCN(S(=O)(=O)c4ccc(Cl)cc4)CC3)s2)c1. The van der Waals surface area contributed by atoms with Crippen molar-refractivity contribution in [3.63, 3.8) is 0 Å². The Morgan fingerprint density at radius 3 is 2.67 bits per heavy atom. The molecule has 0 amide bonds. The Hall–Kier alpha value is -1.93. The molecule has 3 aromatic rings. The number of benzene rings is 2. The molecule has 1 fully saturated rings. The van der Waals surface area contributed by atoms with Crippen LogP contribution in [-0.2, 0) is 10.0 Å². The molecule has 8 heteroatoms. The fourth-order valence-electron chi connectivity index (χ4n) is 3.57. The molecular weight excluding hydrogens is 438 g/mol. The first-order chi connectivity index (χ1) is 14.4. The maximum absolute atomic E-state index is 12.8. The van der Waals surface area contributed by atoms with Gasteiger partial charge in [-0.2, -0.15) is 4.31 Å². The molecule has 157 valence electrons. The molecule has 0 saturated carbocycles. The third kappa shape index (κ3) is 4.86. The number of sulfonamides is 1. The van der Waals surface area contributed by atoms with Gasteiger partial charge in [0.15, 0.2) is 5.13 Å². The molecule has 0 bridgehead atoms. The standard InChI is InChI=1S/C22H23ClN3O2S2/c1-16-3-2-4-18(13-16)21-15-25-22(29-21)24-14-17-9-11-26(12-10-17)30(27,28)20-7-5-19(23)6-8-20/h2,4-8,13,15,17H,9-12,14H2,1H3,(H,24,25). The van der Waals surface area contributed by atoms with Crippen LogP contribution in [0.25, 0.3) is 10.4 Å². The second-order valence-corrected chi connectivity index (χ2v) is 10.9. The lowest BCUT2D eigenvalue weighted by Gasteiger charge is -2.31. The summed E-state index contributed by atoms with van der Waals surface area (Å²) in [4.78, 5) is 5.91. The Morgan fingerprint density at radius 2 is 1.97 bits per heavy atom. The van der Waals surface area contributed by atoms with Gasteiger partial charge in [0.2, 0.25) is 10.0 Å². The monoisotopic (exact) mass is 460 g/mol. The highest BCUT2D eigenvalue weighted by atomic mass is 35.5. The number of nitrogens with one attached hydrogen (secondary N) is 1. The van der Waals surface area contributed by atoms with E-state index in [1.165, 1.54) is 0 Å². The van der Waals surface area contributed by atoms with Gasteiger partial charge in [0, 0.05) is 30.9 Å². The minimum absolute atomic E-state index is 0.299. The number of aryl methyl sites for hydroxylation is 1. The van der Waals surface area contributed by atoms with E-state index in [1.54, 1.807) is 39.9 Å². The van der Waals surface area contributed by atoms with Gasteiger partial charge in [-0.25, -0.2) is 13.4 Å². The molecule has 1 radical (unpaired) electrons. The first kappa shape index (κ1) is 21.3. The van der Waals surface area contributed by atoms with Gasteiger partial charge in [0.25, 0.3) is 0 Å². The topological polar surface area (TPSA) is 62.3 Å². The first-order valence-corrected chi connectivity index (χ1v) is 12.5. The largest absolute Gasteiger partial charge is 0.361 e. The number of anilines is 1. The van der Waals surface area contributed by atoms with Crippen LogP contribution in [0.3, 0.4) is 0 Å². The molecule has 30 heavy (non-hydrogen) atoms. The summed E-state index contributed by atoms with van der Waals surface area (Å²) in [5, 5.41) is 4.85. The van der Waals surface area contributed by atoms with Crippen LogP contribution < -0.4 is 5.32 Å². The van der Waals surface area contributed by atoms with Crippen molar-refractivity contribution in [1.29, 1.82) is 0 Å². The molecule has 2 aromatic carbocycles. The lowest BCUT2D eigenvalue weighted by atomic mass is 9.98. The summed E-state index contributed by atoms with van der Waals surface area (Å²) >= 11 is 7.51. The second kappa shape index (κ2) is 9.06. The van der Waals surface area contributed by atoms with E-state index < -0.39 is 10.0 Å². The van der Waals surface area contributed by atoms with Crippen molar-refractivity contribution >= 4 is 38.1 Å². The van der Waals surface area contributed by atoms with Crippen molar-refractivity contribution in [2.24, 2.45) is 5.92 Å². The molecule has 1 aliphatic rings. The third-order valence-corrected chi connectivity index (χ3v) is 8.47. The predicted octanol–water partition coefficient (Wildman–Crippen LogP) is 5.08. The summed E-state index contributed by atoms with van der Waals surface area (Å²) in [6.07, 6.45) is 3.54. The van der Waals surface area contributed by atoms with Crippen molar-refractivity contribution < 1.29 is 8.42 Å². The number of nitrogens with zero attached hydrogens (tertiary/aromatic N) is 2. The fraction of sp³-hybridized carbons (Fsp3) is 0.318. The number of aromatic nitrogens is 1. The van der Waals surface area contributed by atoms with E-state index in [-0.39, 0.29) is 0 Å². The zero-order valence-corrected chi connectivity index (χ0v) is 19.0. The molecule has 1 N–H and O–H groups in total. The molecule has 0 unspecified atom stereocenters. The summed E-state index contributed by atoms with van der Waals surface area (Å²) in [5.74, 6) is 0.419. The zero-order chi connectivity index (χ0) is 21.1. The Bertz CT molecular complexity index is 1110. The van der Waals surface area contributed by atoms with E-state index in [0.29, 0.717) is 28.9 Å². The predicted molar refractivity (Wildman–Crippen MR) is 123 cm³/mol. The third-order valence-electron chi connectivity index (χ3n) is 5.30. The van der Waals surface area contributed by atoms with Crippen LogP contribution in [0.15, 0.2) is 53.6 Å². The Labute approximate surface area is 186 Å². The number of halogens is 1. The van der Waals surface area contributed by atoms with Gasteiger partial charge >= 0.3 is 0 Å². The molecule has 4 rings (SSSR count). The van der Waals surface area contributed by atoms with Crippen molar-refractivity contribution in [3.05, 3.63) is 65.3 Å². The summed E-state index contributed by atoms with van der Waals surface area (Å²) in [5.41, 5.74) is 2.26. The van der Waals surface area contributed by atoms with E-state index in [2.05, 4.69) is 22.4 Å². The highest BCUT2D eigenvalue weighted by Crippen LogP contribution is 2.30. The molecule has 0 spiro atoms. The average molecular weight is 461 g/mol. The van der Waals surface area contributed by atoms with Crippen LogP contribution in [0.5, 0.6) is 0 Å². The van der Waals surface area contributed by atoms with Crippen LogP contribution in [0, 0.1) is 18.9 Å². The molecule has 1 saturated heterocycles. The average Bonchev–Trinajstić information content (AvgIpc) is 3.22. The van der Waals surface area contributed by atoms with Gasteiger partial charge in [0.05, 0.1) is 9.77 Å². The van der Waals surface area contributed by atoms with Crippen molar-refractivity contribution in [3.8, 4) is 10.4 Å². The highest BCUT2D eigenvalue weighted by molar-refractivity contribution is 7.89. The van der Waals surface area contributed by atoms with Crippen LogP contribution in [-0.4, -0.2) is 37.3 Å². The molecule has 1 aliphatic heterocycles. The van der Waals surface area contributed by atoms with Crippen LogP contribution in [0.4, 0.5) is 5.13 Å². The Morgan fingerprint density at radius 1 is 1.23 bits per heavy atom. The first-order valence-electron chi connectivity index (χ1n) is 9.86. The van der Waals surface area contributed by atoms with Crippen molar-refractivity contribution in [2.75, 3.05) is 25.0 Å². The number of piperidine rings is 1. The fourth-order valence-corrected chi connectivity index (χ4v) is 5.98. The second-order valence-electron chi connectivity index (χ2n) is 7.47. The van der Waals surface area contributed by atoms with E-state index in [1.807, 2.05) is 25.3 Å². The molecule has 0 atom stereocenters. The summed E-state index contributed by atoms with van der Waals surface area (Å²) in [6, 6.07) is 15.6. The smallest absolute Gasteiger partial charge is 0.243 e. The van der Waals surface area contributed by atoms with Crippen LogP contribution in [0.1, 0.15) is 18.4 Å². The van der Waals surface area contributed by atoms with Gasteiger partial charge in [-0.3, -0.25) is 0 Å². The summed E-state index contributed by atoms with van der Waals surface area (Å²) in [7, 11) is -3.46. The Balaban J connectivity index is 1.31. The number of rotatable bonds is 6. The van der Waals surface area contributed by atoms with Gasteiger partial charge in [-0.15, -0.1) is 0 Å². The minimum Gasteiger partial charge on any atom is -0.361 e. The van der Waals surface area contributed by atoms with Crippen molar-refractivity contribution in [1.82, 2.24) is 9.29 Å². The zero-order valence-electron chi connectivity index (χ0n) is 16.6. The molecule has 1 aromatic heterocycles. The van der Waals surface area contributed by atoms with Gasteiger partial charge in [0.1, 0.15) is 0 Å². The van der Waals surface area contributed by atoms with Crippen LogP contribution in [0.2, 0.25) is 5.02 Å². The van der Waals surface area contributed by atoms with Crippen molar-refractivity contribution in [2.45, 2.75) is 24.7 Å². The summed E-state index contributed by atoms with van der Waals surface area (Å²) in [6.45, 7) is 3.88. The van der Waals surface area contributed by atoms with E-state index in [4.69, 9.17) is 11.6 Å². The lowest BCUT2D eigenvalue weighted by molar-refractivity contribution is 0.282. The summed E-state index contributed by atoms with van der Waals surface area (Å²) < 4.78 is 27.2. The Kier molecular flexibility index (Phi) is 6.43. The number of thiazole rings is 1. The molecule has 2 heterocycles. The van der Waals surface area contributed by atoms with Gasteiger partial charge in [-0.1, -0.05) is 35.1 Å². The molecular formula is C22H23ClN3O2S2. The van der Waals surface area contributed by atoms with E-state index >= 15 is 0 Å².